The van der Waals surface area contributed by atoms with Crippen molar-refractivity contribution in [2.45, 2.75) is 25.6 Å². The van der Waals surface area contributed by atoms with Crippen LogP contribution in [0.4, 0.5) is 0 Å². The zero-order valence-corrected chi connectivity index (χ0v) is 12.5. The van der Waals surface area contributed by atoms with Gasteiger partial charge < -0.3 is 20.4 Å². The summed E-state index contributed by atoms with van der Waals surface area (Å²) in [5, 5.41) is 37.7. The minimum Gasteiger partial charge on any atom is -0.478 e. The van der Waals surface area contributed by atoms with Crippen LogP contribution in [-0.4, -0.2) is 49.3 Å². The van der Waals surface area contributed by atoms with Crippen LogP contribution in [0.5, 0.6) is 0 Å². The molecule has 4 N–H and O–H groups in total. The number of carboxylic acid groups (broad SMARTS) is 2. The molecule has 120 valence electrons. The number of carbonyl (C=O) groups excluding carboxylic acids is 1. The van der Waals surface area contributed by atoms with Crippen molar-refractivity contribution in [3.05, 3.63) is 34.9 Å². The Morgan fingerprint density at radius 1 is 1.05 bits per heavy atom. The normalized spacial score (nSPS) is 13.4. The van der Waals surface area contributed by atoms with Gasteiger partial charge in [-0.2, -0.15) is 0 Å². The Labute approximate surface area is 130 Å². The predicted octanol–water partition coefficient (Wildman–Crippen LogP) is 1.15. The molecule has 0 saturated heterocycles. The van der Waals surface area contributed by atoms with Gasteiger partial charge in [-0.25, -0.2) is 9.59 Å². The fourth-order valence-electron chi connectivity index (χ4n) is 1.77. The molecule has 7 nitrogen and oxygen atoms in total. The number of thioether (sulfide) groups is 1. The molecule has 0 heterocycles. The maximum Gasteiger partial charge on any atom is 0.335 e. The Morgan fingerprint density at radius 2 is 1.55 bits per heavy atom. The van der Waals surface area contributed by atoms with Crippen LogP contribution in [0.1, 0.15) is 45.7 Å². The number of rotatable bonds is 7. The highest BCUT2D eigenvalue weighted by atomic mass is 32.2. The van der Waals surface area contributed by atoms with E-state index in [1.165, 1.54) is 6.92 Å². The number of carboxylic acids is 2. The van der Waals surface area contributed by atoms with Crippen LogP contribution in [0.2, 0.25) is 0 Å². The lowest BCUT2D eigenvalue weighted by atomic mass is 9.98. The van der Waals surface area contributed by atoms with Gasteiger partial charge in [0, 0.05) is 12.7 Å². The first-order valence-corrected chi connectivity index (χ1v) is 7.32. The number of aliphatic hydroxyl groups is 2. The van der Waals surface area contributed by atoms with E-state index < -0.39 is 24.1 Å². The molecule has 0 fully saturated rings. The fourth-order valence-corrected chi connectivity index (χ4v) is 2.42. The Balaban J connectivity index is 2.95. The Morgan fingerprint density at radius 3 is 1.95 bits per heavy atom. The van der Waals surface area contributed by atoms with Crippen LogP contribution in [0.3, 0.4) is 0 Å². The highest BCUT2D eigenvalue weighted by molar-refractivity contribution is 8.13. The average molecular weight is 328 g/mol. The number of hydrogen-bond acceptors (Lipinski definition) is 6. The Kier molecular flexibility index (Phi) is 6.54. The molecule has 0 aliphatic heterocycles. The lowest BCUT2D eigenvalue weighted by Gasteiger charge is -2.18. The molecule has 1 rings (SSSR count). The standard InChI is InChI=1S/C14H16O7S/c1-7(15)22-3-2-11(16)12(17)8-4-9(13(18)19)6-10(5-8)14(20)21/h4-6,11-12,16-17H,2-3H2,1H3,(H,18,19)(H,20,21). The van der Waals surface area contributed by atoms with Gasteiger partial charge in [-0.15, -0.1) is 0 Å². The summed E-state index contributed by atoms with van der Waals surface area (Å²) in [7, 11) is 0. The molecule has 1 aromatic carbocycles. The van der Waals surface area contributed by atoms with Gasteiger partial charge in [0.15, 0.2) is 5.12 Å². The summed E-state index contributed by atoms with van der Waals surface area (Å²) in [4.78, 5) is 32.8. The monoisotopic (exact) mass is 328 g/mol. The highest BCUT2D eigenvalue weighted by Gasteiger charge is 2.21. The van der Waals surface area contributed by atoms with Gasteiger partial charge in [-0.05, 0) is 30.2 Å². The maximum absolute atomic E-state index is 11.0. The van der Waals surface area contributed by atoms with Crippen molar-refractivity contribution in [2.24, 2.45) is 0 Å². The summed E-state index contributed by atoms with van der Waals surface area (Å²) < 4.78 is 0. The van der Waals surface area contributed by atoms with Crippen molar-refractivity contribution in [2.75, 3.05) is 5.75 Å². The molecule has 2 atom stereocenters. The van der Waals surface area contributed by atoms with Crippen molar-refractivity contribution < 1.29 is 34.8 Å². The molecule has 0 aromatic heterocycles. The van der Waals surface area contributed by atoms with Crippen LogP contribution in [-0.2, 0) is 4.79 Å². The van der Waals surface area contributed by atoms with E-state index in [2.05, 4.69) is 0 Å². The maximum atomic E-state index is 11.0. The van der Waals surface area contributed by atoms with E-state index in [1.807, 2.05) is 0 Å². The second kappa shape index (κ2) is 7.92. The van der Waals surface area contributed by atoms with Crippen LogP contribution in [0.15, 0.2) is 18.2 Å². The summed E-state index contributed by atoms with van der Waals surface area (Å²) in [6, 6.07) is 3.19. The summed E-state index contributed by atoms with van der Waals surface area (Å²) in [6.45, 7) is 1.38. The van der Waals surface area contributed by atoms with E-state index in [0.717, 1.165) is 30.0 Å². The minimum absolute atomic E-state index is 0.00220. The van der Waals surface area contributed by atoms with Crippen molar-refractivity contribution in [1.82, 2.24) is 0 Å². The summed E-state index contributed by atoms with van der Waals surface area (Å²) in [5.74, 6) is -2.38. The molecule has 0 amide bonds. The second-order valence-electron chi connectivity index (χ2n) is 4.59. The van der Waals surface area contributed by atoms with Gasteiger partial charge >= 0.3 is 11.9 Å². The first kappa shape index (κ1) is 18.1. The van der Waals surface area contributed by atoms with Gasteiger partial charge in [0.05, 0.1) is 17.2 Å². The zero-order chi connectivity index (χ0) is 16.9. The number of aromatic carboxylic acids is 2. The lowest BCUT2D eigenvalue weighted by molar-refractivity contribution is -0.109. The number of aliphatic hydroxyl groups excluding tert-OH is 2. The molecular formula is C14H16O7S. The van der Waals surface area contributed by atoms with Gasteiger partial charge in [0.1, 0.15) is 6.10 Å². The summed E-state index contributed by atoms with van der Waals surface area (Å²) in [6.07, 6.45) is -2.58. The zero-order valence-electron chi connectivity index (χ0n) is 11.7. The van der Waals surface area contributed by atoms with E-state index in [9.17, 15) is 24.6 Å². The number of hydrogen-bond donors (Lipinski definition) is 4. The molecule has 0 bridgehead atoms. The Hall–Kier alpha value is -1.90. The van der Waals surface area contributed by atoms with Gasteiger partial charge in [-0.1, -0.05) is 11.8 Å². The topological polar surface area (TPSA) is 132 Å². The predicted molar refractivity (Wildman–Crippen MR) is 79.1 cm³/mol. The third-order valence-corrected chi connectivity index (χ3v) is 3.72. The molecule has 0 saturated carbocycles. The molecular weight excluding hydrogens is 312 g/mol. The van der Waals surface area contributed by atoms with E-state index in [4.69, 9.17) is 10.2 Å². The van der Waals surface area contributed by atoms with E-state index in [-0.39, 0.29) is 34.0 Å². The molecule has 2 unspecified atom stereocenters. The van der Waals surface area contributed by atoms with E-state index >= 15 is 0 Å². The van der Waals surface area contributed by atoms with E-state index in [1.54, 1.807) is 0 Å². The second-order valence-corrected chi connectivity index (χ2v) is 5.87. The fraction of sp³-hybridized carbons (Fsp3) is 0.357. The molecule has 8 heteroatoms. The highest BCUT2D eigenvalue weighted by Crippen LogP contribution is 2.23. The SMILES string of the molecule is CC(=O)SCCC(O)C(O)c1cc(C(=O)O)cc(C(=O)O)c1. The minimum atomic E-state index is -1.44. The molecule has 0 aliphatic rings. The largest absolute Gasteiger partial charge is 0.478 e. The van der Waals surface area contributed by atoms with E-state index in [0.29, 0.717) is 0 Å². The van der Waals surface area contributed by atoms with Crippen molar-refractivity contribution in [3.8, 4) is 0 Å². The van der Waals surface area contributed by atoms with Crippen LogP contribution in [0, 0.1) is 0 Å². The average Bonchev–Trinajstić information content (AvgIpc) is 2.45. The molecule has 0 spiro atoms. The van der Waals surface area contributed by atoms with Crippen molar-refractivity contribution in [1.29, 1.82) is 0 Å². The Bertz CT molecular complexity index is 552. The van der Waals surface area contributed by atoms with Crippen molar-refractivity contribution in [3.63, 3.8) is 0 Å². The van der Waals surface area contributed by atoms with Gasteiger partial charge in [0.25, 0.3) is 0 Å². The first-order valence-electron chi connectivity index (χ1n) is 6.33. The molecule has 0 radical (unpaired) electrons. The third kappa shape index (κ3) is 5.14. The molecule has 0 aliphatic carbocycles. The van der Waals surface area contributed by atoms with Crippen LogP contribution < -0.4 is 0 Å². The summed E-state index contributed by atoms with van der Waals surface area (Å²) >= 11 is 0.990. The van der Waals surface area contributed by atoms with Gasteiger partial charge in [-0.3, -0.25) is 4.79 Å². The number of benzene rings is 1. The summed E-state index contributed by atoms with van der Waals surface area (Å²) in [5.41, 5.74) is -0.587. The molecule has 22 heavy (non-hydrogen) atoms. The quantitative estimate of drug-likeness (QED) is 0.586. The van der Waals surface area contributed by atoms with Crippen LogP contribution in [0.25, 0.3) is 0 Å². The van der Waals surface area contributed by atoms with Gasteiger partial charge in [0.2, 0.25) is 0 Å². The lowest BCUT2D eigenvalue weighted by Crippen LogP contribution is -2.20. The van der Waals surface area contributed by atoms with Crippen molar-refractivity contribution >= 4 is 28.8 Å². The number of carbonyl (C=O) groups is 3. The third-order valence-electron chi connectivity index (χ3n) is 2.87. The first-order chi connectivity index (χ1) is 10.2. The molecule has 1 aromatic rings. The van der Waals surface area contributed by atoms with Crippen LogP contribution >= 0.6 is 11.8 Å². The smallest absolute Gasteiger partial charge is 0.335 e.